The zero-order chi connectivity index (χ0) is 17.1. The molecule has 0 amide bonds. The Balaban J connectivity index is 2.08. The van der Waals surface area contributed by atoms with Gasteiger partial charge in [-0.25, -0.2) is 0 Å². The Kier molecular flexibility index (Phi) is 3.92. The van der Waals surface area contributed by atoms with Gasteiger partial charge in [-0.1, -0.05) is 24.3 Å². The second-order valence-electron chi connectivity index (χ2n) is 5.60. The lowest BCUT2D eigenvalue weighted by atomic mass is 9.92. The average Bonchev–Trinajstić information content (AvgIpc) is 2.70. The van der Waals surface area contributed by atoms with Crippen LogP contribution in [0.3, 0.4) is 0 Å². The van der Waals surface area contributed by atoms with E-state index in [0.717, 1.165) is 33.8 Å². The summed E-state index contributed by atoms with van der Waals surface area (Å²) in [4.78, 5) is 13.6. The van der Waals surface area contributed by atoms with Crippen molar-refractivity contribution in [1.82, 2.24) is 15.0 Å². The Bertz CT molecular complexity index is 984. The third kappa shape index (κ3) is 2.85. The van der Waals surface area contributed by atoms with Crippen molar-refractivity contribution in [3.63, 3.8) is 0 Å². The van der Waals surface area contributed by atoms with Gasteiger partial charge in [0.15, 0.2) is 0 Å². The summed E-state index contributed by atoms with van der Waals surface area (Å²) in [6.07, 6.45) is 5.33. The molecule has 4 nitrogen and oxygen atoms in total. The first kappa shape index (κ1) is 15.0. The predicted octanol–water partition coefficient (Wildman–Crippen LogP) is 4.45. The highest BCUT2D eigenvalue weighted by Gasteiger charge is 2.18. The van der Waals surface area contributed by atoms with E-state index in [1.54, 1.807) is 18.6 Å². The average molecular weight is 324 g/mol. The van der Waals surface area contributed by atoms with E-state index < -0.39 is 0 Å². The number of pyridine rings is 3. The summed E-state index contributed by atoms with van der Waals surface area (Å²) in [5.74, 6) is 0. The maximum absolute atomic E-state index is 6.35. The van der Waals surface area contributed by atoms with Crippen molar-refractivity contribution in [3.05, 3.63) is 85.3 Å². The number of benzene rings is 1. The van der Waals surface area contributed by atoms with Gasteiger partial charge in [-0.15, -0.1) is 0 Å². The lowest BCUT2D eigenvalue weighted by Gasteiger charge is -2.16. The number of nitrogens with zero attached hydrogens (tertiary/aromatic N) is 3. The number of anilines is 1. The van der Waals surface area contributed by atoms with Crippen LogP contribution in [-0.2, 0) is 0 Å². The number of rotatable bonds is 3. The normalized spacial score (nSPS) is 10.6. The summed E-state index contributed by atoms with van der Waals surface area (Å²) in [7, 11) is 0. The van der Waals surface area contributed by atoms with Crippen LogP contribution in [0.5, 0.6) is 0 Å². The van der Waals surface area contributed by atoms with Crippen LogP contribution in [0.25, 0.3) is 33.8 Å². The minimum Gasteiger partial charge on any atom is -0.398 e. The van der Waals surface area contributed by atoms with Crippen LogP contribution in [0, 0.1) is 0 Å². The quantitative estimate of drug-likeness (QED) is 0.565. The van der Waals surface area contributed by atoms with Crippen LogP contribution in [-0.4, -0.2) is 15.0 Å². The molecule has 0 aliphatic heterocycles. The molecule has 120 valence electrons. The second-order valence-corrected chi connectivity index (χ2v) is 5.60. The van der Waals surface area contributed by atoms with Crippen molar-refractivity contribution in [2.75, 3.05) is 5.73 Å². The Hall–Kier alpha value is -3.53. The minimum atomic E-state index is 0.666. The standard InChI is InChI=1S/C21H16N4/c22-16-11-10-15(17-7-1-4-12-23-17)20(18-8-2-5-13-24-18)21(16)19-9-3-6-14-25-19/h1-14H,22H2. The highest BCUT2D eigenvalue weighted by Crippen LogP contribution is 2.41. The first-order valence-electron chi connectivity index (χ1n) is 8.01. The zero-order valence-electron chi connectivity index (χ0n) is 13.5. The highest BCUT2D eigenvalue weighted by molar-refractivity contribution is 5.97. The monoisotopic (exact) mass is 324 g/mol. The molecule has 4 heteroatoms. The molecular weight excluding hydrogens is 308 g/mol. The molecule has 0 spiro atoms. The van der Waals surface area contributed by atoms with E-state index >= 15 is 0 Å². The van der Waals surface area contributed by atoms with Gasteiger partial charge in [0.05, 0.1) is 17.1 Å². The molecule has 0 fully saturated rings. The Morgan fingerprint density at radius 1 is 0.520 bits per heavy atom. The van der Waals surface area contributed by atoms with Crippen molar-refractivity contribution in [2.45, 2.75) is 0 Å². The largest absolute Gasteiger partial charge is 0.398 e. The van der Waals surface area contributed by atoms with Crippen molar-refractivity contribution >= 4 is 5.69 Å². The maximum atomic E-state index is 6.35. The molecule has 3 heterocycles. The van der Waals surface area contributed by atoms with Gasteiger partial charge in [-0.3, -0.25) is 15.0 Å². The molecule has 0 unspecified atom stereocenters. The molecule has 1 aromatic carbocycles. The summed E-state index contributed by atoms with van der Waals surface area (Å²) >= 11 is 0. The van der Waals surface area contributed by atoms with Crippen molar-refractivity contribution in [1.29, 1.82) is 0 Å². The second kappa shape index (κ2) is 6.53. The maximum Gasteiger partial charge on any atom is 0.0729 e. The van der Waals surface area contributed by atoms with Gasteiger partial charge in [0.1, 0.15) is 0 Å². The van der Waals surface area contributed by atoms with Crippen molar-refractivity contribution < 1.29 is 0 Å². The summed E-state index contributed by atoms with van der Waals surface area (Å²) < 4.78 is 0. The Labute approximate surface area is 146 Å². The van der Waals surface area contributed by atoms with Crippen LogP contribution in [0.2, 0.25) is 0 Å². The summed E-state index contributed by atoms with van der Waals surface area (Å²) in [5, 5.41) is 0. The molecular formula is C21H16N4. The SMILES string of the molecule is Nc1ccc(-c2ccccn2)c(-c2ccccn2)c1-c1ccccn1. The molecule has 0 atom stereocenters. The van der Waals surface area contributed by atoms with Gasteiger partial charge < -0.3 is 5.73 Å². The van der Waals surface area contributed by atoms with E-state index in [9.17, 15) is 0 Å². The van der Waals surface area contributed by atoms with E-state index in [1.807, 2.05) is 66.7 Å². The fraction of sp³-hybridized carbons (Fsp3) is 0. The Morgan fingerprint density at radius 3 is 1.56 bits per heavy atom. The third-order valence-electron chi connectivity index (χ3n) is 4.02. The fourth-order valence-electron chi connectivity index (χ4n) is 2.92. The number of hydrogen-bond acceptors (Lipinski definition) is 4. The molecule has 0 radical (unpaired) electrons. The van der Waals surface area contributed by atoms with Crippen LogP contribution in [0.1, 0.15) is 0 Å². The van der Waals surface area contributed by atoms with Crippen LogP contribution in [0.15, 0.2) is 85.3 Å². The van der Waals surface area contributed by atoms with E-state index in [-0.39, 0.29) is 0 Å². The molecule has 0 bridgehead atoms. The van der Waals surface area contributed by atoms with Crippen LogP contribution >= 0.6 is 0 Å². The Morgan fingerprint density at radius 2 is 1.04 bits per heavy atom. The number of nitrogen functional groups attached to an aromatic ring is 1. The van der Waals surface area contributed by atoms with Crippen molar-refractivity contribution in [2.24, 2.45) is 0 Å². The number of aromatic nitrogens is 3. The topological polar surface area (TPSA) is 64.7 Å². The summed E-state index contributed by atoms with van der Waals surface area (Å²) in [6.45, 7) is 0. The highest BCUT2D eigenvalue weighted by atomic mass is 14.7. The predicted molar refractivity (Wildman–Crippen MR) is 101 cm³/mol. The lowest BCUT2D eigenvalue weighted by molar-refractivity contribution is 1.28. The molecule has 4 aromatic rings. The zero-order valence-corrected chi connectivity index (χ0v) is 13.5. The summed E-state index contributed by atoms with van der Waals surface area (Å²) in [5.41, 5.74) is 12.4. The molecule has 4 rings (SSSR count). The van der Waals surface area contributed by atoms with Crippen molar-refractivity contribution in [3.8, 4) is 33.8 Å². The van der Waals surface area contributed by atoms with Gasteiger partial charge >= 0.3 is 0 Å². The van der Waals surface area contributed by atoms with E-state index in [4.69, 9.17) is 5.73 Å². The number of nitrogens with two attached hydrogens (primary N) is 1. The van der Waals surface area contributed by atoms with Gasteiger partial charge in [-0.2, -0.15) is 0 Å². The van der Waals surface area contributed by atoms with Gasteiger partial charge in [0.25, 0.3) is 0 Å². The van der Waals surface area contributed by atoms with E-state index in [0.29, 0.717) is 5.69 Å². The van der Waals surface area contributed by atoms with Crippen LogP contribution < -0.4 is 5.73 Å². The molecule has 3 aromatic heterocycles. The third-order valence-corrected chi connectivity index (χ3v) is 4.02. The molecule has 0 saturated heterocycles. The fourth-order valence-corrected chi connectivity index (χ4v) is 2.92. The van der Waals surface area contributed by atoms with Gasteiger partial charge in [-0.05, 0) is 42.5 Å². The molecule has 0 aliphatic carbocycles. The first-order chi connectivity index (χ1) is 12.3. The minimum absolute atomic E-state index is 0.666. The van der Waals surface area contributed by atoms with Gasteiger partial charge in [0.2, 0.25) is 0 Å². The summed E-state index contributed by atoms with van der Waals surface area (Å²) in [6, 6.07) is 21.4. The van der Waals surface area contributed by atoms with E-state index in [2.05, 4.69) is 15.0 Å². The molecule has 25 heavy (non-hydrogen) atoms. The molecule has 0 aliphatic rings. The smallest absolute Gasteiger partial charge is 0.0729 e. The molecule has 0 saturated carbocycles. The lowest BCUT2D eigenvalue weighted by Crippen LogP contribution is -1.99. The van der Waals surface area contributed by atoms with Gasteiger partial charge in [0, 0.05) is 41.0 Å². The number of hydrogen-bond donors (Lipinski definition) is 1. The first-order valence-corrected chi connectivity index (χ1v) is 8.01. The van der Waals surface area contributed by atoms with Crippen LogP contribution in [0.4, 0.5) is 5.69 Å². The van der Waals surface area contributed by atoms with E-state index in [1.165, 1.54) is 0 Å². The molecule has 2 N–H and O–H groups in total.